The van der Waals surface area contributed by atoms with Crippen molar-refractivity contribution in [1.82, 2.24) is 5.32 Å². The van der Waals surface area contributed by atoms with E-state index in [1.54, 1.807) is 37.3 Å². The zero-order chi connectivity index (χ0) is 20.3. The molecule has 0 unspecified atom stereocenters. The SMILES string of the molecule is CCOc1cc(/C=C2\SC(=S)NC2=O)cc(Cl)c1OS(=O)(=O)c1ccccc1. The molecule has 2 aromatic carbocycles. The Hall–Kier alpha value is -2.07. The van der Waals surface area contributed by atoms with E-state index in [2.05, 4.69) is 5.32 Å². The molecule has 1 fully saturated rings. The standard InChI is InChI=1S/C18H14ClNO5S3/c1-2-24-14-9-11(10-15-17(21)20-18(26)27-15)8-13(19)16(14)25-28(22,23)12-6-4-3-5-7-12/h3-10H,2H2,1H3,(H,20,21,26)/b15-10-. The molecule has 10 heteroatoms. The Labute approximate surface area is 177 Å². The van der Waals surface area contributed by atoms with Crippen LogP contribution in [0.15, 0.2) is 52.3 Å². The van der Waals surface area contributed by atoms with Crippen molar-refractivity contribution in [3.8, 4) is 11.5 Å². The minimum atomic E-state index is -4.09. The van der Waals surface area contributed by atoms with Crippen LogP contribution in [-0.2, 0) is 14.9 Å². The smallest absolute Gasteiger partial charge is 0.339 e. The van der Waals surface area contributed by atoms with Gasteiger partial charge in [-0.1, -0.05) is 53.8 Å². The molecule has 0 atom stereocenters. The zero-order valence-corrected chi connectivity index (χ0v) is 17.7. The summed E-state index contributed by atoms with van der Waals surface area (Å²) in [6, 6.07) is 10.7. The van der Waals surface area contributed by atoms with Crippen LogP contribution in [0.5, 0.6) is 11.5 Å². The molecule has 0 aromatic heterocycles. The first kappa shape index (κ1) is 20.7. The Balaban J connectivity index is 1.99. The van der Waals surface area contributed by atoms with Crippen molar-refractivity contribution >= 4 is 62.0 Å². The van der Waals surface area contributed by atoms with Crippen molar-refractivity contribution < 1.29 is 22.1 Å². The number of carbonyl (C=O) groups excluding carboxylic acids is 1. The van der Waals surface area contributed by atoms with Crippen LogP contribution in [0.4, 0.5) is 0 Å². The fourth-order valence-electron chi connectivity index (χ4n) is 2.33. The van der Waals surface area contributed by atoms with E-state index >= 15 is 0 Å². The van der Waals surface area contributed by atoms with Gasteiger partial charge in [0.25, 0.3) is 5.91 Å². The average molecular weight is 456 g/mol. The lowest BCUT2D eigenvalue weighted by molar-refractivity contribution is -0.115. The van der Waals surface area contributed by atoms with Crippen molar-refractivity contribution in [2.24, 2.45) is 0 Å². The molecule has 1 N–H and O–H groups in total. The molecule has 1 amide bonds. The fourth-order valence-corrected chi connectivity index (χ4v) is 4.66. The monoisotopic (exact) mass is 455 g/mol. The maximum absolute atomic E-state index is 12.5. The van der Waals surface area contributed by atoms with Crippen molar-refractivity contribution in [1.29, 1.82) is 0 Å². The van der Waals surface area contributed by atoms with Crippen molar-refractivity contribution in [2.45, 2.75) is 11.8 Å². The van der Waals surface area contributed by atoms with Crippen molar-refractivity contribution in [3.05, 3.63) is 58.0 Å². The van der Waals surface area contributed by atoms with E-state index in [-0.39, 0.29) is 33.9 Å². The molecule has 146 valence electrons. The number of thioether (sulfide) groups is 1. The third-order valence-corrected chi connectivity index (χ3v) is 6.18. The second-order valence-electron chi connectivity index (χ2n) is 5.47. The summed E-state index contributed by atoms with van der Waals surface area (Å²) >= 11 is 12.4. The Morgan fingerprint density at radius 3 is 2.57 bits per heavy atom. The predicted octanol–water partition coefficient (Wildman–Crippen LogP) is 4.00. The highest BCUT2D eigenvalue weighted by molar-refractivity contribution is 8.26. The van der Waals surface area contributed by atoms with Crippen LogP contribution in [0.25, 0.3) is 6.08 Å². The van der Waals surface area contributed by atoms with Crippen LogP contribution in [0.3, 0.4) is 0 Å². The molecule has 1 aliphatic rings. The van der Waals surface area contributed by atoms with E-state index < -0.39 is 10.1 Å². The number of benzene rings is 2. The first-order valence-electron chi connectivity index (χ1n) is 8.01. The van der Waals surface area contributed by atoms with Crippen LogP contribution in [0, 0.1) is 0 Å². The molecular formula is C18H14ClNO5S3. The maximum atomic E-state index is 12.5. The predicted molar refractivity (Wildman–Crippen MR) is 113 cm³/mol. The first-order chi connectivity index (χ1) is 13.3. The highest BCUT2D eigenvalue weighted by atomic mass is 35.5. The van der Waals surface area contributed by atoms with E-state index in [0.29, 0.717) is 14.8 Å². The van der Waals surface area contributed by atoms with E-state index in [0.717, 1.165) is 11.8 Å². The Bertz CT molecular complexity index is 1070. The van der Waals surface area contributed by atoms with Gasteiger partial charge in [-0.15, -0.1) is 0 Å². The minimum Gasteiger partial charge on any atom is -0.490 e. The molecular weight excluding hydrogens is 442 g/mol. The van der Waals surface area contributed by atoms with Crippen molar-refractivity contribution in [2.75, 3.05) is 6.61 Å². The van der Waals surface area contributed by atoms with Gasteiger partial charge >= 0.3 is 10.1 Å². The van der Waals surface area contributed by atoms with Gasteiger partial charge in [-0.25, -0.2) is 0 Å². The van der Waals surface area contributed by atoms with Crippen LogP contribution < -0.4 is 14.2 Å². The molecule has 1 saturated heterocycles. The van der Waals surface area contributed by atoms with E-state index in [4.69, 9.17) is 32.7 Å². The summed E-state index contributed by atoms with van der Waals surface area (Å²) in [7, 11) is -4.09. The Morgan fingerprint density at radius 1 is 1.25 bits per heavy atom. The number of thiocarbonyl (C=S) groups is 1. The molecule has 28 heavy (non-hydrogen) atoms. The third kappa shape index (κ3) is 4.67. The largest absolute Gasteiger partial charge is 0.490 e. The number of rotatable bonds is 6. The topological polar surface area (TPSA) is 81.7 Å². The number of hydrogen-bond donors (Lipinski definition) is 1. The van der Waals surface area contributed by atoms with Crippen LogP contribution in [-0.4, -0.2) is 25.3 Å². The number of halogens is 1. The second kappa shape index (κ2) is 8.52. The van der Waals surface area contributed by atoms with Crippen LogP contribution >= 0.6 is 35.6 Å². The molecule has 1 heterocycles. The Morgan fingerprint density at radius 2 is 1.96 bits per heavy atom. The summed E-state index contributed by atoms with van der Waals surface area (Å²) in [5, 5.41) is 2.55. The lowest BCUT2D eigenvalue weighted by Gasteiger charge is -2.14. The van der Waals surface area contributed by atoms with Gasteiger partial charge in [0, 0.05) is 0 Å². The molecule has 0 radical (unpaired) electrons. The normalized spacial score (nSPS) is 15.6. The van der Waals surface area contributed by atoms with Gasteiger partial charge < -0.3 is 14.2 Å². The summed E-state index contributed by atoms with van der Waals surface area (Å²) in [6.45, 7) is 2.00. The van der Waals surface area contributed by atoms with Gasteiger partial charge in [0.1, 0.15) is 9.22 Å². The van der Waals surface area contributed by atoms with Crippen LogP contribution in [0.1, 0.15) is 12.5 Å². The fraction of sp³-hybridized carbons (Fsp3) is 0.111. The minimum absolute atomic E-state index is 0.00718. The summed E-state index contributed by atoms with van der Waals surface area (Å²) in [5.41, 5.74) is 0.542. The van der Waals surface area contributed by atoms with E-state index in [1.165, 1.54) is 18.2 Å². The summed E-state index contributed by atoms with van der Waals surface area (Å²) < 4.78 is 36.2. The summed E-state index contributed by atoms with van der Waals surface area (Å²) in [5.74, 6) is -0.281. The van der Waals surface area contributed by atoms with Crippen molar-refractivity contribution in [3.63, 3.8) is 0 Å². The van der Waals surface area contributed by atoms with Gasteiger partial charge in [-0.3, -0.25) is 4.79 Å². The third-order valence-electron chi connectivity index (χ3n) is 3.50. The highest BCUT2D eigenvalue weighted by Crippen LogP contribution is 2.39. The van der Waals surface area contributed by atoms with E-state index in [9.17, 15) is 13.2 Å². The molecule has 2 aromatic rings. The molecule has 0 spiro atoms. The zero-order valence-electron chi connectivity index (χ0n) is 14.5. The molecule has 3 rings (SSSR count). The average Bonchev–Trinajstić information content (AvgIpc) is 2.96. The second-order valence-corrected chi connectivity index (χ2v) is 9.14. The Kier molecular flexibility index (Phi) is 6.29. The van der Waals surface area contributed by atoms with Gasteiger partial charge in [-0.2, -0.15) is 8.42 Å². The summed E-state index contributed by atoms with van der Waals surface area (Å²) in [6.07, 6.45) is 1.59. The summed E-state index contributed by atoms with van der Waals surface area (Å²) in [4.78, 5) is 12.2. The number of nitrogens with one attached hydrogen (secondary N) is 1. The number of hydrogen-bond acceptors (Lipinski definition) is 7. The molecule has 6 nitrogen and oxygen atoms in total. The number of carbonyl (C=O) groups is 1. The number of ether oxygens (including phenoxy) is 1. The molecule has 0 saturated carbocycles. The maximum Gasteiger partial charge on any atom is 0.339 e. The highest BCUT2D eigenvalue weighted by Gasteiger charge is 2.24. The lowest BCUT2D eigenvalue weighted by Crippen LogP contribution is -2.17. The van der Waals surface area contributed by atoms with Gasteiger partial charge in [0.05, 0.1) is 16.5 Å². The van der Waals surface area contributed by atoms with Gasteiger partial charge in [0.2, 0.25) is 5.75 Å². The quantitative estimate of drug-likeness (QED) is 0.400. The van der Waals surface area contributed by atoms with E-state index in [1.807, 2.05) is 0 Å². The molecule has 0 bridgehead atoms. The molecule has 1 aliphatic heterocycles. The lowest BCUT2D eigenvalue weighted by atomic mass is 10.2. The number of amides is 1. The van der Waals surface area contributed by atoms with Gasteiger partial charge in [0.15, 0.2) is 5.75 Å². The van der Waals surface area contributed by atoms with Crippen LogP contribution in [0.2, 0.25) is 5.02 Å². The van der Waals surface area contributed by atoms with Gasteiger partial charge in [-0.05, 0) is 42.8 Å². The first-order valence-corrected chi connectivity index (χ1v) is 11.0. The molecule has 0 aliphatic carbocycles.